The number of benzene rings is 2. The molecule has 0 N–H and O–H groups in total. The molecule has 0 amide bonds. The van der Waals surface area contributed by atoms with Crippen LogP contribution in [0.3, 0.4) is 0 Å². The van der Waals surface area contributed by atoms with Gasteiger partial charge in [-0.25, -0.2) is 4.79 Å². The van der Waals surface area contributed by atoms with Crippen molar-refractivity contribution in [3.63, 3.8) is 0 Å². The first-order chi connectivity index (χ1) is 12.1. The first-order valence-electron chi connectivity index (χ1n) is 7.94. The Bertz CT molecular complexity index is 852. The molecule has 0 fully saturated rings. The molecule has 25 heavy (non-hydrogen) atoms. The van der Waals surface area contributed by atoms with Gasteiger partial charge in [0.15, 0.2) is 5.57 Å². The SMILES string of the molecule is CC(C)COC(=O)/C(C#N)=C(\C#N)c1ccc(-c2ccccc2)cc1. The van der Waals surface area contributed by atoms with Crippen molar-refractivity contribution in [2.75, 3.05) is 6.61 Å². The minimum Gasteiger partial charge on any atom is -0.461 e. The first kappa shape index (κ1) is 18.0. The summed E-state index contributed by atoms with van der Waals surface area (Å²) in [7, 11) is 0. The van der Waals surface area contributed by atoms with Crippen LogP contribution >= 0.6 is 0 Å². The minimum absolute atomic E-state index is 0.0240. The molecule has 2 aromatic rings. The van der Waals surface area contributed by atoms with E-state index in [9.17, 15) is 15.3 Å². The number of hydrogen-bond donors (Lipinski definition) is 0. The van der Waals surface area contributed by atoms with E-state index >= 15 is 0 Å². The van der Waals surface area contributed by atoms with Crippen LogP contribution in [0.15, 0.2) is 60.2 Å². The second-order valence-corrected chi connectivity index (χ2v) is 5.91. The molecule has 0 unspecified atom stereocenters. The third-order valence-corrected chi connectivity index (χ3v) is 3.51. The Morgan fingerprint density at radius 2 is 1.56 bits per heavy atom. The maximum absolute atomic E-state index is 12.1. The number of allylic oxidation sites excluding steroid dienone is 1. The number of nitrogens with zero attached hydrogens (tertiary/aromatic N) is 2. The molecule has 0 spiro atoms. The summed E-state index contributed by atoms with van der Waals surface area (Å²) < 4.78 is 5.08. The molecule has 4 nitrogen and oxygen atoms in total. The number of hydrogen-bond acceptors (Lipinski definition) is 4. The van der Waals surface area contributed by atoms with Crippen LogP contribution in [-0.2, 0) is 9.53 Å². The van der Waals surface area contributed by atoms with Gasteiger partial charge in [0.05, 0.1) is 12.2 Å². The lowest BCUT2D eigenvalue weighted by Gasteiger charge is -2.08. The molecule has 0 saturated heterocycles. The van der Waals surface area contributed by atoms with Crippen LogP contribution in [0.1, 0.15) is 19.4 Å². The molecule has 0 saturated carbocycles. The lowest BCUT2D eigenvalue weighted by atomic mass is 9.98. The molecule has 0 aliphatic heterocycles. The van der Waals surface area contributed by atoms with Gasteiger partial charge >= 0.3 is 5.97 Å². The Morgan fingerprint density at radius 3 is 2.08 bits per heavy atom. The maximum atomic E-state index is 12.1. The summed E-state index contributed by atoms with van der Waals surface area (Å²) in [6.45, 7) is 4.00. The molecule has 0 aromatic heterocycles. The summed E-state index contributed by atoms with van der Waals surface area (Å²) in [6.07, 6.45) is 0. The van der Waals surface area contributed by atoms with Crippen molar-refractivity contribution in [2.24, 2.45) is 5.92 Å². The van der Waals surface area contributed by atoms with E-state index in [0.717, 1.165) is 11.1 Å². The van der Waals surface area contributed by atoms with Crippen LogP contribution in [0, 0.1) is 28.6 Å². The van der Waals surface area contributed by atoms with Crippen LogP contribution < -0.4 is 0 Å². The fraction of sp³-hybridized carbons (Fsp3) is 0.190. The van der Waals surface area contributed by atoms with Crippen molar-refractivity contribution in [1.29, 1.82) is 10.5 Å². The van der Waals surface area contributed by atoms with Crippen LogP contribution in [0.5, 0.6) is 0 Å². The van der Waals surface area contributed by atoms with Gasteiger partial charge in [-0.05, 0) is 22.6 Å². The van der Waals surface area contributed by atoms with E-state index in [1.54, 1.807) is 18.2 Å². The molecular formula is C21H18N2O2. The number of nitriles is 2. The van der Waals surface area contributed by atoms with E-state index < -0.39 is 5.97 Å². The highest BCUT2D eigenvalue weighted by Crippen LogP contribution is 2.24. The summed E-state index contributed by atoms with van der Waals surface area (Å²) >= 11 is 0. The maximum Gasteiger partial charge on any atom is 0.350 e. The smallest absolute Gasteiger partial charge is 0.350 e. The molecule has 0 aliphatic carbocycles. The van der Waals surface area contributed by atoms with Gasteiger partial charge in [0.1, 0.15) is 12.1 Å². The average Bonchev–Trinajstić information content (AvgIpc) is 2.65. The Hall–Kier alpha value is -3.37. The number of rotatable bonds is 5. The summed E-state index contributed by atoms with van der Waals surface area (Å²) in [5, 5.41) is 18.7. The van der Waals surface area contributed by atoms with E-state index in [1.165, 1.54) is 0 Å². The Labute approximate surface area is 147 Å². The highest BCUT2D eigenvalue weighted by Gasteiger charge is 2.19. The van der Waals surface area contributed by atoms with Gasteiger partial charge in [0.25, 0.3) is 0 Å². The van der Waals surface area contributed by atoms with Gasteiger partial charge in [-0.2, -0.15) is 10.5 Å². The lowest BCUT2D eigenvalue weighted by molar-refractivity contribution is -0.139. The lowest BCUT2D eigenvalue weighted by Crippen LogP contribution is -2.12. The molecular weight excluding hydrogens is 312 g/mol. The molecule has 124 valence electrons. The topological polar surface area (TPSA) is 73.9 Å². The van der Waals surface area contributed by atoms with Crippen molar-refractivity contribution in [3.8, 4) is 23.3 Å². The molecule has 0 bridgehead atoms. The van der Waals surface area contributed by atoms with Crippen molar-refractivity contribution in [1.82, 2.24) is 0 Å². The van der Waals surface area contributed by atoms with Gasteiger partial charge in [-0.1, -0.05) is 68.4 Å². The normalized spacial score (nSPS) is 11.2. The Morgan fingerprint density at radius 1 is 0.960 bits per heavy atom. The van der Waals surface area contributed by atoms with E-state index in [-0.39, 0.29) is 23.7 Å². The molecule has 2 aromatic carbocycles. The predicted molar refractivity (Wildman–Crippen MR) is 95.8 cm³/mol. The third-order valence-electron chi connectivity index (χ3n) is 3.51. The van der Waals surface area contributed by atoms with Crippen LogP contribution in [-0.4, -0.2) is 12.6 Å². The van der Waals surface area contributed by atoms with Gasteiger partial charge in [0, 0.05) is 0 Å². The van der Waals surface area contributed by atoms with Gasteiger partial charge in [-0.15, -0.1) is 0 Å². The van der Waals surface area contributed by atoms with Crippen molar-refractivity contribution in [2.45, 2.75) is 13.8 Å². The van der Waals surface area contributed by atoms with Crippen molar-refractivity contribution < 1.29 is 9.53 Å². The van der Waals surface area contributed by atoms with E-state index in [4.69, 9.17) is 4.74 Å². The second kappa shape index (κ2) is 8.47. The standard InChI is InChI=1S/C21H18N2O2/c1-15(2)14-25-21(24)20(13-23)19(12-22)18-10-8-17(9-11-18)16-6-4-3-5-7-16/h3-11,15H,14H2,1-2H3/b20-19+. The van der Waals surface area contributed by atoms with E-state index in [2.05, 4.69) is 0 Å². The highest BCUT2D eigenvalue weighted by atomic mass is 16.5. The van der Waals surface area contributed by atoms with Gasteiger partial charge in [0.2, 0.25) is 0 Å². The zero-order valence-corrected chi connectivity index (χ0v) is 14.2. The fourth-order valence-corrected chi connectivity index (χ4v) is 2.24. The first-order valence-corrected chi connectivity index (χ1v) is 7.94. The van der Waals surface area contributed by atoms with Crippen molar-refractivity contribution >= 4 is 11.5 Å². The average molecular weight is 330 g/mol. The molecule has 2 rings (SSSR count). The quantitative estimate of drug-likeness (QED) is 0.464. The third kappa shape index (κ3) is 4.56. The molecule has 0 atom stereocenters. The summed E-state index contributed by atoms with van der Waals surface area (Å²) in [6, 6.07) is 20.7. The van der Waals surface area contributed by atoms with Crippen molar-refractivity contribution in [3.05, 3.63) is 65.7 Å². The van der Waals surface area contributed by atoms with Gasteiger partial charge in [-0.3, -0.25) is 0 Å². The molecule has 0 heterocycles. The number of ether oxygens (including phenoxy) is 1. The summed E-state index contributed by atoms with van der Waals surface area (Å²) in [5.74, 6) is -0.612. The Balaban J connectivity index is 2.34. The number of esters is 1. The molecule has 4 heteroatoms. The van der Waals surface area contributed by atoms with Crippen LogP contribution in [0.25, 0.3) is 16.7 Å². The van der Waals surface area contributed by atoms with Gasteiger partial charge < -0.3 is 4.74 Å². The largest absolute Gasteiger partial charge is 0.461 e. The minimum atomic E-state index is -0.764. The number of carbonyl (C=O) groups is 1. The predicted octanol–water partition coefficient (Wildman–Crippen LogP) is 4.35. The zero-order valence-electron chi connectivity index (χ0n) is 14.2. The Kier molecular flexibility index (Phi) is 6.09. The van der Waals surface area contributed by atoms with E-state index in [1.807, 2.05) is 62.4 Å². The zero-order chi connectivity index (χ0) is 18.2. The van der Waals surface area contributed by atoms with Crippen LogP contribution in [0.2, 0.25) is 0 Å². The number of carbonyl (C=O) groups excluding carboxylic acids is 1. The summed E-state index contributed by atoms with van der Waals surface area (Å²) in [4.78, 5) is 12.1. The van der Waals surface area contributed by atoms with Crippen LogP contribution in [0.4, 0.5) is 0 Å². The monoisotopic (exact) mass is 330 g/mol. The fourth-order valence-electron chi connectivity index (χ4n) is 2.24. The highest BCUT2D eigenvalue weighted by molar-refractivity contribution is 6.04. The van der Waals surface area contributed by atoms with E-state index in [0.29, 0.717) is 5.56 Å². The second-order valence-electron chi connectivity index (χ2n) is 5.91. The molecule has 0 aliphatic rings. The molecule has 0 radical (unpaired) electrons. The summed E-state index contributed by atoms with van der Waals surface area (Å²) in [5.41, 5.74) is 2.31.